The molecule has 4 rings (SSSR count). The number of piperazine rings is 1. The van der Waals surface area contributed by atoms with Gasteiger partial charge in [0.15, 0.2) is 0 Å². The molecule has 1 aromatic heterocycles. The maximum Gasteiger partial charge on any atom is 0.223 e. The molecule has 0 aliphatic carbocycles. The molecule has 1 amide bonds. The first-order valence-electron chi connectivity index (χ1n) is 10.8. The Labute approximate surface area is 189 Å². The molecule has 0 atom stereocenters. The molecule has 0 saturated carbocycles. The van der Waals surface area contributed by atoms with Crippen molar-refractivity contribution in [2.45, 2.75) is 33.6 Å². The van der Waals surface area contributed by atoms with Crippen molar-refractivity contribution >= 4 is 34.2 Å². The molecule has 1 saturated heterocycles. The summed E-state index contributed by atoms with van der Waals surface area (Å²) in [5.74, 6) is 1.94. The largest absolute Gasteiger partial charge is 0.352 e. The number of aromatic nitrogens is 2. The summed E-state index contributed by atoms with van der Waals surface area (Å²) in [7, 11) is 0. The summed E-state index contributed by atoms with van der Waals surface area (Å²) in [6, 6.07) is 16.0. The molecule has 0 spiro atoms. The lowest BCUT2D eigenvalue weighted by atomic mass is 9.91. The molecular weight excluding hydrogens is 408 g/mol. The highest BCUT2D eigenvalue weighted by Gasteiger charge is 2.26. The molecule has 0 unspecified atom stereocenters. The van der Waals surface area contributed by atoms with Gasteiger partial charge in [-0.3, -0.25) is 4.79 Å². The van der Waals surface area contributed by atoms with Gasteiger partial charge < -0.3 is 9.80 Å². The van der Waals surface area contributed by atoms with Gasteiger partial charge in [-0.05, 0) is 29.2 Å². The van der Waals surface area contributed by atoms with E-state index in [9.17, 15) is 4.79 Å². The minimum Gasteiger partial charge on any atom is -0.352 e. The fraction of sp³-hybridized carbons (Fsp3) is 0.400. The molecule has 1 aliphatic heterocycles. The summed E-state index contributed by atoms with van der Waals surface area (Å²) in [5.41, 5.74) is 2.03. The Kier molecular flexibility index (Phi) is 6.15. The Morgan fingerprint density at radius 2 is 1.71 bits per heavy atom. The van der Waals surface area contributed by atoms with Crippen LogP contribution in [0.3, 0.4) is 0 Å². The molecule has 0 radical (unpaired) electrons. The fourth-order valence-electron chi connectivity index (χ4n) is 3.96. The highest BCUT2D eigenvalue weighted by atomic mass is 35.5. The van der Waals surface area contributed by atoms with Crippen molar-refractivity contribution in [2.75, 3.05) is 31.1 Å². The van der Waals surface area contributed by atoms with E-state index in [1.165, 1.54) is 5.56 Å². The van der Waals surface area contributed by atoms with Gasteiger partial charge in [0.1, 0.15) is 11.6 Å². The van der Waals surface area contributed by atoms with E-state index in [2.05, 4.69) is 37.8 Å². The first kappa shape index (κ1) is 21.6. The van der Waals surface area contributed by atoms with Crippen LogP contribution in [0, 0.1) is 5.41 Å². The standard InChI is InChI=1S/C25H29ClN4O/c1-25(2,3)17-23(31)29-11-13-30(14-12-29)24-20-10-9-19(26)16-21(20)27-22(28-24)15-18-7-5-4-6-8-18/h4-10,16H,11-15,17H2,1-3H3. The average Bonchev–Trinajstić information content (AvgIpc) is 2.72. The lowest BCUT2D eigenvalue weighted by Gasteiger charge is -2.37. The van der Waals surface area contributed by atoms with E-state index in [1.54, 1.807) is 0 Å². The molecule has 31 heavy (non-hydrogen) atoms. The van der Waals surface area contributed by atoms with E-state index in [0.29, 0.717) is 31.0 Å². The number of nitrogens with zero attached hydrogens (tertiary/aromatic N) is 4. The van der Waals surface area contributed by atoms with Crippen LogP contribution in [-0.4, -0.2) is 47.0 Å². The molecule has 2 aromatic carbocycles. The van der Waals surface area contributed by atoms with Gasteiger partial charge in [-0.1, -0.05) is 62.7 Å². The number of hydrogen-bond acceptors (Lipinski definition) is 4. The molecule has 162 valence electrons. The number of halogens is 1. The second kappa shape index (κ2) is 8.83. The molecule has 0 bridgehead atoms. The van der Waals surface area contributed by atoms with Gasteiger partial charge in [-0.25, -0.2) is 9.97 Å². The van der Waals surface area contributed by atoms with Crippen LogP contribution < -0.4 is 4.90 Å². The van der Waals surface area contributed by atoms with Gasteiger partial charge in [-0.15, -0.1) is 0 Å². The highest BCUT2D eigenvalue weighted by Crippen LogP contribution is 2.28. The van der Waals surface area contributed by atoms with Gasteiger partial charge in [0, 0.05) is 49.4 Å². The van der Waals surface area contributed by atoms with Crippen LogP contribution in [0.1, 0.15) is 38.6 Å². The highest BCUT2D eigenvalue weighted by molar-refractivity contribution is 6.31. The lowest BCUT2D eigenvalue weighted by Crippen LogP contribution is -2.49. The Bertz CT molecular complexity index is 1070. The summed E-state index contributed by atoms with van der Waals surface area (Å²) in [6.07, 6.45) is 1.24. The van der Waals surface area contributed by atoms with Crippen LogP contribution in [-0.2, 0) is 11.2 Å². The predicted molar refractivity (Wildman–Crippen MR) is 127 cm³/mol. The summed E-state index contributed by atoms with van der Waals surface area (Å²) in [4.78, 5) is 26.6. The van der Waals surface area contributed by atoms with Gasteiger partial charge in [0.05, 0.1) is 5.52 Å². The minimum atomic E-state index is 0.00266. The second-order valence-electron chi connectivity index (χ2n) is 9.39. The Morgan fingerprint density at radius 1 is 1.00 bits per heavy atom. The number of amides is 1. The normalized spacial score (nSPS) is 14.8. The van der Waals surface area contributed by atoms with E-state index in [0.717, 1.165) is 35.6 Å². The van der Waals surface area contributed by atoms with Crippen molar-refractivity contribution in [3.05, 3.63) is 64.9 Å². The summed E-state index contributed by atoms with van der Waals surface area (Å²) in [6.45, 7) is 9.25. The third-order valence-corrected chi connectivity index (χ3v) is 5.74. The summed E-state index contributed by atoms with van der Waals surface area (Å²) >= 11 is 6.26. The third-order valence-electron chi connectivity index (χ3n) is 5.50. The molecule has 0 N–H and O–H groups in total. The van der Waals surface area contributed by atoms with Crippen molar-refractivity contribution in [3.8, 4) is 0 Å². The molecule has 1 fully saturated rings. The fourth-order valence-corrected chi connectivity index (χ4v) is 4.13. The number of carbonyl (C=O) groups is 1. The predicted octanol–water partition coefficient (Wildman–Crippen LogP) is 4.96. The van der Waals surface area contributed by atoms with Gasteiger partial charge in [-0.2, -0.15) is 0 Å². The van der Waals surface area contributed by atoms with Crippen LogP contribution in [0.25, 0.3) is 10.9 Å². The van der Waals surface area contributed by atoms with Gasteiger partial charge in [0.25, 0.3) is 0 Å². The number of benzene rings is 2. The number of anilines is 1. The van der Waals surface area contributed by atoms with E-state index in [4.69, 9.17) is 21.6 Å². The van der Waals surface area contributed by atoms with Crippen molar-refractivity contribution in [1.29, 1.82) is 0 Å². The first-order chi connectivity index (χ1) is 14.8. The molecule has 6 heteroatoms. The van der Waals surface area contributed by atoms with Gasteiger partial charge in [0.2, 0.25) is 5.91 Å². The van der Waals surface area contributed by atoms with Crippen molar-refractivity contribution in [1.82, 2.24) is 14.9 Å². The Balaban J connectivity index is 1.59. The van der Waals surface area contributed by atoms with Gasteiger partial charge >= 0.3 is 0 Å². The maximum absolute atomic E-state index is 12.6. The van der Waals surface area contributed by atoms with Crippen molar-refractivity contribution < 1.29 is 4.79 Å². The second-order valence-corrected chi connectivity index (χ2v) is 9.83. The number of rotatable bonds is 4. The number of carbonyl (C=O) groups excluding carboxylic acids is 1. The molecular formula is C25H29ClN4O. The molecule has 1 aliphatic rings. The molecule has 2 heterocycles. The van der Waals surface area contributed by atoms with E-state index in [1.807, 2.05) is 41.3 Å². The van der Waals surface area contributed by atoms with Crippen LogP contribution in [0.5, 0.6) is 0 Å². The monoisotopic (exact) mass is 436 g/mol. The zero-order chi connectivity index (χ0) is 22.0. The summed E-state index contributed by atoms with van der Waals surface area (Å²) in [5, 5.41) is 1.66. The SMILES string of the molecule is CC(C)(C)CC(=O)N1CCN(c2nc(Cc3ccccc3)nc3cc(Cl)ccc23)CC1. The van der Waals surface area contributed by atoms with Crippen LogP contribution in [0.2, 0.25) is 5.02 Å². The molecule has 3 aromatic rings. The Hall–Kier alpha value is -2.66. The van der Waals surface area contributed by atoms with Crippen molar-refractivity contribution in [3.63, 3.8) is 0 Å². The first-order valence-corrected chi connectivity index (χ1v) is 11.2. The minimum absolute atomic E-state index is 0.00266. The number of fused-ring (bicyclic) bond motifs is 1. The van der Waals surface area contributed by atoms with Crippen LogP contribution in [0.4, 0.5) is 5.82 Å². The maximum atomic E-state index is 12.6. The van der Waals surface area contributed by atoms with Crippen molar-refractivity contribution in [2.24, 2.45) is 5.41 Å². The lowest BCUT2D eigenvalue weighted by molar-refractivity contribution is -0.133. The molecule has 5 nitrogen and oxygen atoms in total. The summed E-state index contributed by atoms with van der Waals surface area (Å²) < 4.78 is 0. The van der Waals surface area contributed by atoms with E-state index < -0.39 is 0 Å². The van der Waals surface area contributed by atoms with E-state index in [-0.39, 0.29) is 11.3 Å². The number of hydrogen-bond donors (Lipinski definition) is 0. The topological polar surface area (TPSA) is 49.3 Å². The average molecular weight is 437 g/mol. The Morgan fingerprint density at radius 3 is 2.39 bits per heavy atom. The zero-order valence-corrected chi connectivity index (χ0v) is 19.2. The quantitative estimate of drug-likeness (QED) is 0.580. The van der Waals surface area contributed by atoms with E-state index >= 15 is 0 Å². The zero-order valence-electron chi connectivity index (χ0n) is 18.4. The third kappa shape index (κ3) is 5.34. The van der Waals surface area contributed by atoms with Crippen LogP contribution >= 0.6 is 11.6 Å². The smallest absolute Gasteiger partial charge is 0.223 e. The van der Waals surface area contributed by atoms with Crippen LogP contribution in [0.15, 0.2) is 48.5 Å².